The second-order valence-corrected chi connectivity index (χ2v) is 3.36. The molecule has 1 aromatic carbocycles. The zero-order valence-electron chi connectivity index (χ0n) is 7.86. The van der Waals surface area contributed by atoms with Crippen LogP contribution in [0.15, 0.2) is 24.3 Å². The Hall–Kier alpha value is -1.33. The Morgan fingerprint density at radius 2 is 1.92 bits per heavy atom. The lowest BCUT2D eigenvalue weighted by molar-refractivity contribution is 0.236. The van der Waals surface area contributed by atoms with Gasteiger partial charge in [0.25, 0.3) is 0 Å². The quantitative estimate of drug-likeness (QED) is 0.701. The fourth-order valence-electron chi connectivity index (χ4n) is 1.16. The molecule has 68 valence electrons. The molecule has 0 bridgehead atoms. The van der Waals surface area contributed by atoms with Gasteiger partial charge in [-0.2, -0.15) is 5.26 Å². The third-order valence-electron chi connectivity index (χ3n) is 2.02. The summed E-state index contributed by atoms with van der Waals surface area (Å²) in [5.74, 6) is 0.422. The number of hydrogen-bond acceptors (Lipinski definition) is 2. The van der Waals surface area contributed by atoms with Crippen LogP contribution in [0.5, 0.6) is 0 Å². The Morgan fingerprint density at radius 1 is 1.31 bits per heavy atom. The van der Waals surface area contributed by atoms with E-state index >= 15 is 0 Å². The number of nitrogens with zero attached hydrogens (tertiary/aromatic N) is 1. The number of nitriles is 1. The molecule has 0 radical (unpaired) electrons. The van der Waals surface area contributed by atoms with Gasteiger partial charge in [0.1, 0.15) is 0 Å². The van der Waals surface area contributed by atoms with Crippen LogP contribution in [0.3, 0.4) is 0 Å². The topological polar surface area (TPSA) is 44.0 Å². The molecular weight excluding hydrogens is 162 g/mol. The van der Waals surface area contributed by atoms with Gasteiger partial charge in [-0.3, -0.25) is 0 Å². The molecule has 0 saturated heterocycles. The van der Waals surface area contributed by atoms with E-state index in [2.05, 4.69) is 13.8 Å². The summed E-state index contributed by atoms with van der Waals surface area (Å²) >= 11 is 0. The third-order valence-corrected chi connectivity index (χ3v) is 2.02. The summed E-state index contributed by atoms with van der Waals surface area (Å²) in [6, 6.07) is 9.30. The number of benzene rings is 1. The molecule has 1 unspecified atom stereocenters. The fraction of sp³-hybridized carbons (Fsp3) is 0.364. The Morgan fingerprint density at radius 3 is 2.46 bits per heavy atom. The molecule has 2 heteroatoms. The number of hydrogen-bond donors (Lipinski definition) is 1. The lowest BCUT2D eigenvalue weighted by atomic mass is 9.99. The lowest BCUT2D eigenvalue weighted by Crippen LogP contribution is -1.95. The minimum atomic E-state index is -1.00. The molecule has 0 amide bonds. The van der Waals surface area contributed by atoms with Gasteiger partial charge in [0, 0.05) is 0 Å². The lowest BCUT2D eigenvalue weighted by Gasteiger charge is -2.08. The average Bonchev–Trinajstić information content (AvgIpc) is 2.17. The van der Waals surface area contributed by atoms with Gasteiger partial charge in [0.05, 0.1) is 6.07 Å². The first-order chi connectivity index (χ1) is 6.15. The minimum absolute atomic E-state index is 0.422. The fourth-order valence-corrected chi connectivity index (χ4v) is 1.16. The maximum absolute atomic E-state index is 9.27. The summed E-state index contributed by atoms with van der Waals surface area (Å²) in [7, 11) is 0. The summed E-state index contributed by atoms with van der Waals surface area (Å²) in [4.78, 5) is 0. The van der Waals surface area contributed by atoms with E-state index in [1.807, 2.05) is 18.2 Å². The van der Waals surface area contributed by atoms with Crippen LogP contribution >= 0.6 is 0 Å². The van der Waals surface area contributed by atoms with Crippen molar-refractivity contribution in [3.8, 4) is 6.07 Å². The zero-order valence-corrected chi connectivity index (χ0v) is 7.86. The van der Waals surface area contributed by atoms with Gasteiger partial charge < -0.3 is 5.11 Å². The first-order valence-corrected chi connectivity index (χ1v) is 4.32. The van der Waals surface area contributed by atoms with Crippen molar-refractivity contribution in [2.45, 2.75) is 25.9 Å². The second-order valence-electron chi connectivity index (χ2n) is 3.36. The Kier molecular flexibility index (Phi) is 3.05. The smallest absolute Gasteiger partial charge is 0.165 e. The molecule has 0 heterocycles. The van der Waals surface area contributed by atoms with Crippen LogP contribution in [0.2, 0.25) is 0 Å². The summed E-state index contributed by atoms with van der Waals surface area (Å²) in [5, 5.41) is 17.8. The van der Waals surface area contributed by atoms with Crippen LogP contribution in [0, 0.1) is 11.3 Å². The van der Waals surface area contributed by atoms with Crippen molar-refractivity contribution in [1.29, 1.82) is 5.26 Å². The average molecular weight is 175 g/mol. The minimum Gasteiger partial charge on any atom is -0.374 e. The SMILES string of the molecule is CC(C)c1cccc(C(O)C#N)c1. The van der Waals surface area contributed by atoms with E-state index in [4.69, 9.17) is 5.26 Å². The first-order valence-electron chi connectivity index (χ1n) is 4.32. The molecule has 1 atom stereocenters. The molecule has 1 N–H and O–H groups in total. The van der Waals surface area contributed by atoms with Crippen LogP contribution in [0.25, 0.3) is 0 Å². The van der Waals surface area contributed by atoms with Crippen LogP contribution in [-0.2, 0) is 0 Å². The van der Waals surface area contributed by atoms with Crippen molar-refractivity contribution >= 4 is 0 Å². The van der Waals surface area contributed by atoms with E-state index < -0.39 is 6.10 Å². The molecule has 1 rings (SSSR count). The van der Waals surface area contributed by atoms with Crippen LogP contribution in [0.1, 0.15) is 37.0 Å². The summed E-state index contributed by atoms with van der Waals surface area (Å²) < 4.78 is 0. The number of aliphatic hydroxyl groups is 1. The van der Waals surface area contributed by atoms with E-state index in [1.165, 1.54) is 0 Å². The number of aliphatic hydroxyl groups excluding tert-OH is 1. The van der Waals surface area contributed by atoms with E-state index in [1.54, 1.807) is 12.1 Å². The van der Waals surface area contributed by atoms with Crippen LogP contribution < -0.4 is 0 Å². The molecule has 0 aliphatic rings. The predicted octanol–water partition coefficient (Wildman–Crippen LogP) is 2.37. The maximum Gasteiger partial charge on any atom is 0.165 e. The highest BCUT2D eigenvalue weighted by atomic mass is 16.3. The second kappa shape index (κ2) is 4.06. The highest BCUT2D eigenvalue weighted by molar-refractivity contribution is 5.29. The summed E-state index contributed by atoms with van der Waals surface area (Å²) in [5.41, 5.74) is 1.82. The van der Waals surface area contributed by atoms with E-state index in [9.17, 15) is 5.11 Å². The Balaban J connectivity index is 3.00. The van der Waals surface area contributed by atoms with Crippen LogP contribution in [-0.4, -0.2) is 5.11 Å². The van der Waals surface area contributed by atoms with Gasteiger partial charge in [0.15, 0.2) is 6.10 Å². The normalized spacial score (nSPS) is 12.5. The monoisotopic (exact) mass is 175 g/mol. The molecule has 0 aromatic heterocycles. The summed E-state index contributed by atoms with van der Waals surface area (Å²) in [6.07, 6.45) is -1.00. The molecular formula is C11H13NO. The van der Waals surface area contributed by atoms with Crippen molar-refractivity contribution in [2.24, 2.45) is 0 Å². The predicted molar refractivity (Wildman–Crippen MR) is 51.1 cm³/mol. The highest BCUT2D eigenvalue weighted by Gasteiger charge is 2.06. The standard InChI is InChI=1S/C11H13NO/c1-8(2)9-4-3-5-10(6-9)11(13)7-12/h3-6,8,11,13H,1-2H3. The maximum atomic E-state index is 9.27. The van der Waals surface area contributed by atoms with Gasteiger partial charge in [0.2, 0.25) is 0 Å². The molecule has 0 fully saturated rings. The molecule has 0 aliphatic heterocycles. The van der Waals surface area contributed by atoms with E-state index in [0.717, 1.165) is 5.56 Å². The molecule has 0 aliphatic carbocycles. The molecule has 2 nitrogen and oxygen atoms in total. The van der Waals surface area contributed by atoms with Gasteiger partial charge in [-0.05, 0) is 17.0 Å². The Labute approximate surface area is 78.4 Å². The van der Waals surface area contributed by atoms with Crippen LogP contribution in [0.4, 0.5) is 0 Å². The van der Waals surface area contributed by atoms with Gasteiger partial charge in [-0.15, -0.1) is 0 Å². The molecule has 0 saturated carbocycles. The molecule has 0 spiro atoms. The van der Waals surface area contributed by atoms with E-state index in [0.29, 0.717) is 11.5 Å². The molecule has 1 aromatic rings. The Bertz CT molecular complexity index is 325. The van der Waals surface area contributed by atoms with E-state index in [-0.39, 0.29) is 0 Å². The van der Waals surface area contributed by atoms with Crippen molar-refractivity contribution in [2.75, 3.05) is 0 Å². The van der Waals surface area contributed by atoms with Gasteiger partial charge >= 0.3 is 0 Å². The van der Waals surface area contributed by atoms with Crippen molar-refractivity contribution in [1.82, 2.24) is 0 Å². The largest absolute Gasteiger partial charge is 0.374 e. The van der Waals surface area contributed by atoms with Crippen molar-refractivity contribution in [3.63, 3.8) is 0 Å². The third kappa shape index (κ3) is 2.30. The molecule has 13 heavy (non-hydrogen) atoms. The van der Waals surface area contributed by atoms with Crippen molar-refractivity contribution < 1.29 is 5.11 Å². The van der Waals surface area contributed by atoms with Gasteiger partial charge in [-0.25, -0.2) is 0 Å². The number of rotatable bonds is 2. The highest BCUT2D eigenvalue weighted by Crippen LogP contribution is 2.19. The first kappa shape index (κ1) is 9.76. The summed E-state index contributed by atoms with van der Waals surface area (Å²) in [6.45, 7) is 4.16. The van der Waals surface area contributed by atoms with Gasteiger partial charge in [-0.1, -0.05) is 38.1 Å². The van der Waals surface area contributed by atoms with Crippen molar-refractivity contribution in [3.05, 3.63) is 35.4 Å². The zero-order chi connectivity index (χ0) is 9.84.